The first-order valence-corrected chi connectivity index (χ1v) is 22.8. The first kappa shape index (κ1) is 32.3. The number of hydrogen-bond donors (Lipinski definition) is 0. The van der Waals surface area contributed by atoms with Crippen molar-refractivity contribution in [3.8, 4) is 0 Å². The molecule has 0 bridgehead atoms. The monoisotopic (exact) mass is 543 g/mol. The highest BCUT2D eigenvalue weighted by Gasteiger charge is 2.32. The molecular weight excluding hydrogens is 491 g/mol. The third kappa shape index (κ3) is 8.52. The van der Waals surface area contributed by atoms with E-state index in [1.807, 2.05) is 0 Å². The van der Waals surface area contributed by atoms with Gasteiger partial charge in [-0.15, -0.1) is 0 Å². The summed E-state index contributed by atoms with van der Waals surface area (Å²) in [7, 11) is -5.37. The quantitative estimate of drug-likeness (QED) is 0.199. The van der Waals surface area contributed by atoms with Gasteiger partial charge in [0.05, 0.1) is 0 Å². The lowest BCUT2D eigenvalue weighted by molar-refractivity contribution is 0.429. The van der Waals surface area contributed by atoms with E-state index in [0.717, 1.165) is 26.2 Å². The fraction of sp³-hybridized carbons (Fsp3) is 0.583. The Balaban J connectivity index is 5.94. The van der Waals surface area contributed by atoms with Gasteiger partial charge in [-0.25, -0.2) is 7.42 Å². The Labute approximate surface area is 210 Å². The van der Waals surface area contributed by atoms with Gasteiger partial charge in [0.1, 0.15) is 0 Å². The zero-order valence-corrected chi connectivity index (χ0v) is 26.7. The maximum absolute atomic E-state index is 4.19. The molecule has 0 N–H and O–H groups in total. The second kappa shape index (κ2) is 12.3. The van der Waals surface area contributed by atoms with E-state index >= 15 is 0 Å². The van der Waals surface area contributed by atoms with Crippen LogP contribution in [0.25, 0.3) is 0 Å². The molecule has 0 saturated carbocycles. The minimum atomic E-state index is -1.08. The van der Waals surface area contributed by atoms with E-state index in [0.29, 0.717) is 0 Å². The minimum Gasteiger partial charge on any atom is -0.262 e. The van der Waals surface area contributed by atoms with Gasteiger partial charge in [-0.2, -0.15) is 51.1 Å². The molecule has 0 radical (unpaired) electrons. The van der Waals surface area contributed by atoms with Crippen LogP contribution in [0.5, 0.6) is 0 Å². The lowest BCUT2D eigenvalue weighted by atomic mass is 10.6. The van der Waals surface area contributed by atoms with Gasteiger partial charge in [0.15, 0.2) is 0 Å². The van der Waals surface area contributed by atoms with E-state index in [1.54, 1.807) is 0 Å². The van der Waals surface area contributed by atoms with Crippen molar-refractivity contribution in [2.24, 2.45) is 0 Å². The molecule has 0 saturated heterocycles. The summed E-state index contributed by atoms with van der Waals surface area (Å²) < 4.78 is 8.00. The van der Waals surface area contributed by atoms with Crippen molar-refractivity contribution in [2.45, 2.75) is 0 Å². The van der Waals surface area contributed by atoms with Gasteiger partial charge < -0.3 is 0 Å². The summed E-state index contributed by atoms with van der Waals surface area (Å²) in [6.07, 6.45) is 23.4. The molecule has 0 rings (SSSR count). The highest BCUT2D eigenvalue weighted by atomic mass is 32.3. The first-order chi connectivity index (χ1) is 14.4. The summed E-state index contributed by atoms with van der Waals surface area (Å²) in [5.74, 6) is 0. The minimum absolute atomic E-state index is 1.00. The molecule has 3 nitrogen and oxygen atoms in total. The Hall–Kier alpha value is 0.330. The van der Waals surface area contributed by atoms with Gasteiger partial charge in [-0.05, 0) is 89.6 Å². The molecule has 0 aromatic carbocycles. The van der Waals surface area contributed by atoms with Crippen LogP contribution < -0.4 is 0 Å². The SMILES string of the molecule is C=CS(C)(C)N(CCN(S(C)(C)C=C)S(C)(C)C=C)CCN(S(C)(C)C=C)S(C)(C)C=C. The average Bonchev–Trinajstić information content (AvgIpc) is 2.71. The van der Waals surface area contributed by atoms with E-state index in [-0.39, 0.29) is 0 Å². The molecule has 0 aliphatic carbocycles. The Morgan fingerprint density at radius 3 is 0.812 bits per heavy atom. The van der Waals surface area contributed by atoms with Crippen molar-refractivity contribution >= 4 is 51.1 Å². The molecule has 194 valence electrons. The Bertz CT molecular complexity index is 595. The van der Waals surface area contributed by atoms with E-state index in [9.17, 15) is 0 Å². The van der Waals surface area contributed by atoms with Crippen molar-refractivity contribution < 1.29 is 0 Å². The molecule has 0 heterocycles. The van der Waals surface area contributed by atoms with Crippen LogP contribution in [-0.4, -0.2) is 100 Å². The van der Waals surface area contributed by atoms with Crippen LogP contribution in [0, 0.1) is 0 Å². The molecule has 0 fully saturated rings. The molecule has 0 atom stereocenters. The van der Waals surface area contributed by atoms with Crippen molar-refractivity contribution in [2.75, 3.05) is 88.7 Å². The van der Waals surface area contributed by atoms with Gasteiger partial charge in [-0.3, -0.25) is 4.31 Å². The zero-order chi connectivity index (χ0) is 25.6. The second-order valence-corrected chi connectivity index (χ2v) is 27.5. The zero-order valence-electron chi connectivity index (χ0n) is 22.6. The molecule has 0 aliphatic heterocycles. The molecule has 8 heteroatoms. The fourth-order valence-electron chi connectivity index (χ4n) is 3.34. The van der Waals surface area contributed by atoms with E-state index in [2.05, 4.69) is 134 Å². The summed E-state index contributed by atoms with van der Waals surface area (Å²) in [5.41, 5.74) is 0. The maximum atomic E-state index is 4.19. The maximum Gasteiger partial charge on any atom is 0.0312 e. The average molecular weight is 544 g/mol. The van der Waals surface area contributed by atoms with Crippen LogP contribution in [0.3, 0.4) is 0 Å². The third-order valence-electron chi connectivity index (χ3n) is 5.87. The van der Waals surface area contributed by atoms with Crippen LogP contribution in [0.15, 0.2) is 59.9 Å². The molecule has 32 heavy (non-hydrogen) atoms. The van der Waals surface area contributed by atoms with Crippen LogP contribution in [0.4, 0.5) is 0 Å². The van der Waals surface area contributed by atoms with Crippen molar-refractivity contribution in [1.82, 2.24) is 11.7 Å². The standard InChI is InChI=1S/C24H53N3S5/c1-16-28(6,7)25(21-23-26(29(8,9)17-2)30(10,11)18-3)22-24-27(31(12,13)19-4)32(14,15)20-5/h16-20H,1-5,21-24H2,6-15H3. The molecule has 0 amide bonds. The van der Waals surface area contributed by atoms with Gasteiger partial charge >= 0.3 is 0 Å². The van der Waals surface area contributed by atoms with Gasteiger partial charge in [0.25, 0.3) is 0 Å². The van der Waals surface area contributed by atoms with Crippen molar-refractivity contribution in [3.63, 3.8) is 0 Å². The largest absolute Gasteiger partial charge is 0.262 e. The molecule has 0 aliphatic rings. The smallest absolute Gasteiger partial charge is 0.0312 e. The predicted molar refractivity (Wildman–Crippen MR) is 173 cm³/mol. The third-order valence-corrected chi connectivity index (χ3v) is 21.2. The molecular formula is C24H53N3S5. The normalized spacial score (nSPS) is 16.5. The summed E-state index contributed by atoms with van der Waals surface area (Å²) in [5, 5.41) is 10.8. The van der Waals surface area contributed by atoms with Crippen LogP contribution in [0.2, 0.25) is 0 Å². The fourth-order valence-corrected chi connectivity index (χ4v) is 16.2. The Kier molecular flexibility index (Phi) is 12.5. The van der Waals surface area contributed by atoms with E-state index in [4.69, 9.17) is 0 Å². The van der Waals surface area contributed by atoms with Gasteiger partial charge in [0.2, 0.25) is 0 Å². The van der Waals surface area contributed by atoms with Gasteiger partial charge in [0, 0.05) is 26.2 Å². The number of rotatable bonds is 16. The lowest BCUT2D eigenvalue weighted by Crippen LogP contribution is -2.41. The summed E-state index contributed by atoms with van der Waals surface area (Å²) >= 11 is 0. The first-order valence-electron chi connectivity index (χ1n) is 10.5. The second-order valence-electron chi connectivity index (χ2n) is 9.63. The van der Waals surface area contributed by atoms with Crippen LogP contribution >= 0.6 is 51.1 Å². The van der Waals surface area contributed by atoms with Crippen molar-refractivity contribution in [3.05, 3.63) is 59.9 Å². The summed E-state index contributed by atoms with van der Waals surface area (Å²) in [4.78, 5) is 0. The molecule has 0 spiro atoms. The molecule has 0 unspecified atom stereocenters. The highest BCUT2D eigenvalue weighted by molar-refractivity contribution is 8.47. The van der Waals surface area contributed by atoms with Crippen LogP contribution in [-0.2, 0) is 0 Å². The lowest BCUT2D eigenvalue weighted by Gasteiger charge is -2.54. The molecule has 0 aromatic heterocycles. The topological polar surface area (TPSA) is 9.72 Å². The predicted octanol–water partition coefficient (Wildman–Crippen LogP) is 7.51. The summed E-state index contributed by atoms with van der Waals surface area (Å²) in [6, 6.07) is 0. The van der Waals surface area contributed by atoms with E-state index in [1.165, 1.54) is 0 Å². The summed E-state index contributed by atoms with van der Waals surface area (Å²) in [6.45, 7) is 24.8. The highest BCUT2D eigenvalue weighted by Crippen LogP contribution is 2.63. The Morgan fingerprint density at radius 1 is 0.406 bits per heavy atom. The van der Waals surface area contributed by atoms with Crippen LogP contribution in [0.1, 0.15) is 0 Å². The van der Waals surface area contributed by atoms with Crippen molar-refractivity contribution in [1.29, 1.82) is 0 Å². The molecule has 0 aromatic rings. The van der Waals surface area contributed by atoms with Gasteiger partial charge in [-0.1, -0.05) is 32.9 Å². The van der Waals surface area contributed by atoms with E-state index < -0.39 is 51.1 Å². The number of hydrogen-bond acceptors (Lipinski definition) is 3. The number of nitrogens with zero attached hydrogens (tertiary/aromatic N) is 3. The Morgan fingerprint density at radius 2 is 0.625 bits per heavy atom.